The van der Waals surface area contributed by atoms with Crippen LogP contribution in [0.2, 0.25) is 0 Å². The highest BCUT2D eigenvalue weighted by atomic mass is 16.4. The summed E-state index contributed by atoms with van der Waals surface area (Å²) in [5.74, 6) is -0.768. The summed E-state index contributed by atoms with van der Waals surface area (Å²) in [7, 11) is 0. The van der Waals surface area contributed by atoms with Crippen molar-refractivity contribution in [2.45, 2.75) is 78.1 Å². The van der Waals surface area contributed by atoms with Crippen LogP contribution in [0.1, 0.15) is 76.8 Å². The van der Waals surface area contributed by atoms with Crippen LogP contribution in [0.25, 0.3) is 0 Å². The number of carboxylic acids is 1. The molecule has 1 unspecified atom stereocenters. The molecule has 1 rings (SSSR count). The van der Waals surface area contributed by atoms with Gasteiger partial charge in [-0.05, 0) is 49.3 Å². The number of aromatic hydroxyl groups is 2. The van der Waals surface area contributed by atoms with E-state index in [2.05, 4.69) is 6.92 Å². The molecule has 4 heteroatoms. The van der Waals surface area contributed by atoms with Crippen LogP contribution in [0.5, 0.6) is 11.5 Å². The molecule has 0 saturated carbocycles. The average Bonchev–Trinajstić information content (AvgIpc) is 2.49. The van der Waals surface area contributed by atoms with Crippen LogP contribution in [0.3, 0.4) is 0 Å². The predicted octanol–water partition coefficient (Wildman–Crippen LogP) is 5.14. The number of carboxylic acid groups (broad SMARTS) is 1. The van der Waals surface area contributed by atoms with E-state index >= 15 is 0 Å². The number of carbonyl (C=O) groups is 1. The van der Waals surface area contributed by atoms with Gasteiger partial charge < -0.3 is 15.3 Å². The molecule has 0 fully saturated rings. The smallest absolute Gasteiger partial charge is 0.306 e. The van der Waals surface area contributed by atoms with E-state index in [0.29, 0.717) is 30.4 Å². The normalized spacial score (nSPS) is 13.0. The van der Waals surface area contributed by atoms with Crippen LogP contribution in [-0.2, 0) is 10.2 Å². The third-order valence-electron chi connectivity index (χ3n) is 4.92. The maximum atomic E-state index is 11.5. The number of phenols is 2. The van der Waals surface area contributed by atoms with Crippen molar-refractivity contribution in [3.63, 3.8) is 0 Å². The van der Waals surface area contributed by atoms with Crippen LogP contribution >= 0.6 is 0 Å². The third-order valence-corrected chi connectivity index (χ3v) is 4.92. The van der Waals surface area contributed by atoms with Crippen molar-refractivity contribution < 1.29 is 20.1 Å². The van der Waals surface area contributed by atoms with Gasteiger partial charge >= 0.3 is 5.97 Å². The molecule has 0 saturated heterocycles. The Morgan fingerprint density at radius 1 is 1.08 bits per heavy atom. The minimum atomic E-state index is -0.738. The number of unbranched alkanes of at least 4 members (excludes halogenated alkanes) is 3. The van der Waals surface area contributed by atoms with Gasteiger partial charge in [-0.25, -0.2) is 0 Å². The number of hydrogen-bond donors (Lipinski definition) is 3. The zero-order valence-corrected chi connectivity index (χ0v) is 15.4. The van der Waals surface area contributed by atoms with E-state index in [1.807, 2.05) is 13.8 Å². The van der Waals surface area contributed by atoms with Crippen molar-refractivity contribution in [1.29, 1.82) is 0 Å². The molecule has 1 aromatic carbocycles. The fourth-order valence-electron chi connectivity index (χ4n) is 3.10. The van der Waals surface area contributed by atoms with Gasteiger partial charge in [-0.1, -0.05) is 46.5 Å². The summed E-state index contributed by atoms with van der Waals surface area (Å²) in [4.78, 5) is 11.5. The number of hydrogen-bond acceptors (Lipinski definition) is 3. The molecular weight excluding hydrogens is 304 g/mol. The zero-order valence-electron chi connectivity index (χ0n) is 15.4. The predicted molar refractivity (Wildman–Crippen MR) is 96.7 cm³/mol. The van der Waals surface area contributed by atoms with Crippen molar-refractivity contribution in [2.24, 2.45) is 5.92 Å². The minimum absolute atomic E-state index is 0.158. The molecule has 24 heavy (non-hydrogen) atoms. The van der Waals surface area contributed by atoms with Crippen molar-refractivity contribution >= 4 is 5.97 Å². The standard InChI is InChI=1S/C20H32O4/c1-5-6-7-8-9-15(19(23)24)10-11-20(3,4)16-13-17(21)14(2)12-18(16)22/h12-13,15,21-22H,5-11H2,1-4H3,(H,23,24). The monoisotopic (exact) mass is 336 g/mol. The summed E-state index contributed by atoms with van der Waals surface area (Å²) in [6.45, 7) is 7.84. The van der Waals surface area contributed by atoms with Crippen molar-refractivity contribution in [3.05, 3.63) is 23.3 Å². The van der Waals surface area contributed by atoms with E-state index in [1.165, 1.54) is 0 Å². The molecular formula is C20H32O4. The molecule has 0 aliphatic carbocycles. The Hall–Kier alpha value is -1.71. The SMILES string of the molecule is CCCCCCC(CCC(C)(C)c1cc(O)c(C)cc1O)C(=O)O. The largest absolute Gasteiger partial charge is 0.508 e. The quantitative estimate of drug-likeness (QED) is 0.408. The highest BCUT2D eigenvalue weighted by Gasteiger charge is 2.28. The molecule has 0 aromatic heterocycles. The Morgan fingerprint density at radius 3 is 2.33 bits per heavy atom. The number of benzene rings is 1. The van der Waals surface area contributed by atoms with Crippen molar-refractivity contribution in [3.8, 4) is 11.5 Å². The zero-order chi connectivity index (χ0) is 18.3. The molecule has 1 aromatic rings. The lowest BCUT2D eigenvalue weighted by Gasteiger charge is -2.28. The maximum absolute atomic E-state index is 11.5. The Balaban J connectivity index is 2.74. The topological polar surface area (TPSA) is 77.8 Å². The van der Waals surface area contributed by atoms with Crippen molar-refractivity contribution in [1.82, 2.24) is 0 Å². The Morgan fingerprint density at radius 2 is 1.75 bits per heavy atom. The van der Waals surface area contributed by atoms with E-state index in [1.54, 1.807) is 19.1 Å². The molecule has 3 N–H and O–H groups in total. The molecule has 4 nitrogen and oxygen atoms in total. The second-order valence-corrected chi connectivity index (χ2v) is 7.46. The summed E-state index contributed by atoms with van der Waals surface area (Å²) in [6.07, 6.45) is 6.24. The Bertz CT molecular complexity index is 549. The van der Waals surface area contributed by atoms with E-state index in [0.717, 1.165) is 25.7 Å². The van der Waals surface area contributed by atoms with E-state index in [-0.39, 0.29) is 17.4 Å². The first-order chi connectivity index (χ1) is 11.2. The summed E-state index contributed by atoms with van der Waals surface area (Å²) in [6, 6.07) is 3.16. The van der Waals surface area contributed by atoms with Gasteiger partial charge in [0, 0.05) is 5.56 Å². The Labute approximate surface area is 145 Å². The van der Waals surface area contributed by atoms with Gasteiger partial charge in [0.15, 0.2) is 0 Å². The number of rotatable bonds is 10. The lowest BCUT2D eigenvalue weighted by molar-refractivity contribution is -0.142. The maximum Gasteiger partial charge on any atom is 0.306 e. The highest BCUT2D eigenvalue weighted by molar-refractivity contribution is 5.69. The van der Waals surface area contributed by atoms with Gasteiger partial charge in [0.25, 0.3) is 0 Å². The first-order valence-electron chi connectivity index (χ1n) is 8.95. The molecule has 136 valence electrons. The van der Waals surface area contributed by atoms with Gasteiger partial charge in [-0.3, -0.25) is 4.79 Å². The molecule has 1 atom stereocenters. The Kier molecular flexibility index (Phi) is 7.59. The molecule has 0 spiro atoms. The second kappa shape index (κ2) is 8.95. The number of aryl methyl sites for hydroxylation is 1. The molecule has 0 aliphatic heterocycles. The number of aliphatic carboxylic acids is 1. The fourth-order valence-corrected chi connectivity index (χ4v) is 3.10. The van der Waals surface area contributed by atoms with Gasteiger partial charge in [-0.2, -0.15) is 0 Å². The van der Waals surface area contributed by atoms with Gasteiger partial charge in [0.05, 0.1) is 5.92 Å². The van der Waals surface area contributed by atoms with E-state index < -0.39 is 11.4 Å². The van der Waals surface area contributed by atoms with E-state index in [4.69, 9.17) is 0 Å². The first kappa shape index (κ1) is 20.3. The molecule has 0 radical (unpaired) electrons. The lowest BCUT2D eigenvalue weighted by atomic mass is 9.77. The second-order valence-electron chi connectivity index (χ2n) is 7.46. The summed E-state index contributed by atoms with van der Waals surface area (Å²) in [5, 5.41) is 29.6. The molecule has 0 amide bonds. The van der Waals surface area contributed by atoms with Gasteiger partial charge in [0.2, 0.25) is 0 Å². The fraction of sp³-hybridized carbons (Fsp3) is 0.650. The van der Waals surface area contributed by atoms with Crippen LogP contribution in [0.15, 0.2) is 12.1 Å². The average molecular weight is 336 g/mol. The van der Waals surface area contributed by atoms with Crippen LogP contribution in [0, 0.1) is 12.8 Å². The minimum Gasteiger partial charge on any atom is -0.508 e. The first-order valence-corrected chi connectivity index (χ1v) is 8.95. The summed E-state index contributed by atoms with van der Waals surface area (Å²) >= 11 is 0. The van der Waals surface area contributed by atoms with Gasteiger partial charge in [0.1, 0.15) is 11.5 Å². The third kappa shape index (κ3) is 5.73. The highest BCUT2D eigenvalue weighted by Crippen LogP contribution is 2.39. The van der Waals surface area contributed by atoms with Crippen LogP contribution < -0.4 is 0 Å². The number of phenolic OH excluding ortho intramolecular Hbond substituents is 2. The molecule has 0 heterocycles. The van der Waals surface area contributed by atoms with Crippen molar-refractivity contribution in [2.75, 3.05) is 0 Å². The lowest BCUT2D eigenvalue weighted by Crippen LogP contribution is -2.22. The van der Waals surface area contributed by atoms with Crippen LogP contribution in [-0.4, -0.2) is 21.3 Å². The summed E-state index contributed by atoms with van der Waals surface area (Å²) in [5.41, 5.74) is 0.902. The van der Waals surface area contributed by atoms with Crippen LogP contribution in [0.4, 0.5) is 0 Å². The molecule has 0 aliphatic rings. The van der Waals surface area contributed by atoms with Gasteiger partial charge in [-0.15, -0.1) is 0 Å². The van der Waals surface area contributed by atoms with E-state index in [9.17, 15) is 20.1 Å². The molecule has 0 bridgehead atoms. The summed E-state index contributed by atoms with van der Waals surface area (Å²) < 4.78 is 0.